The molecule has 2 aromatic carbocycles. The maximum Gasteiger partial charge on any atom is 0.254 e. The zero-order chi connectivity index (χ0) is 19.5. The van der Waals surface area contributed by atoms with Crippen LogP contribution in [0.3, 0.4) is 0 Å². The number of nitrogens with zero attached hydrogens (tertiary/aromatic N) is 3. The fourth-order valence-electron chi connectivity index (χ4n) is 4.33. The maximum absolute atomic E-state index is 13.5. The van der Waals surface area contributed by atoms with Crippen molar-refractivity contribution < 1.29 is 9.18 Å². The number of benzene rings is 2. The lowest BCUT2D eigenvalue weighted by Crippen LogP contribution is -2.31. The Labute approximate surface area is 166 Å². The minimum Gasteiger partial charge on any atom is -0.342 e. The number of likely N-dealkylation sites (tertiary alicyclic amines) is 1. The van der Waals surface area contributed by atoms with Crippen molar-refractivity contribution in [1.29, 1.82) is 0 Å². The second kappa shape index (κ2) is 6.14. The first-order valence-electron chi connectivity index (χ1n) is 10.1. The van der Waals surface area contributed by atoms with Crippen molar-refractivity contribution in [2.45, 2.75) is 37.6 Å². The summed E-state index contributed by atoms with van der Waals surface area (Å²) in [5.41, 5.74) is 3.84. The smallest absolute Gasteiger partial charge is 0.254 e. The molecule has 146 valence electrons. The Balaban J connectivity index is 1.32. The number of aromatic amines is 2. The molecule has 1 aliphatic heterocycles. The summed E-state index contributed by atoms with van der Waals surface area (Å²) >= 11 is 0. The lowest BCUT2D eigenvalue weighted by molar-refractivity contribution is 0.0730. The number of carbonyl (C=O) groups excluding carboxylic acids is 1. The average Bonchev–Trinajstić information content (AvgIpc) is 3.15. The second-order valence-electron chi connectivity index (χ2n) is 8.07. The molecular weight excluding hydrogens is 369 g/mol. The lowest BCUT2D eigenvalue weighted by Gasteiger charge is -2.23. The van der Waals surface area contributed by atoms with Crippen LogP contribution in [0.25, 0.3) is 22.1 Å². The summed E-state index contributed by atoms with van der Waals surface area (Å²) in [6.07, 6.45) is 4.12. The van der Waals surface area contributed by atoms with Crippen LogP contribution in [0, 0.1) is 5.82 Å². The number of nitrogens with one attached hydrogen (secondary N) is 2. The first-order chi connectivity index (χ1) is 14.2. The maximum atomic E-state index is 13.5. The summed E-state index contributed by atoms with van der Waals surface area (Å²) in [4.78, 5) is 31.0. The van der Waals surface area contributed by atoms with Crippen molar-refractivity contribution in [3.63, 3.8) is 0 Å². The van der Waals surface area contributed by atoms with Crippen molar-refractivity contribution in [2.24, 2.45) is 0 Å². The SMILES string of the molecule is O=C(c1ccc2nc(C3CC3)[nH]c2c1)N1CCCC1c1nc2ccc(F)cc2[nH]1. The summed E-state index contributed by atoms with van der Waals surface area (Å²) < 4.78 is 13.5. The highest BCUT2D eigenvalue weighted by molar-refractivity contribution is 5.97. The molecular formula is C22H20FN5O. The van der Waals surface area contributed by atoms with E-state index in [0.29, 0.717) is 29.1 Å². The van der Waals surface area contributed by atoms with E-state index in [4.69, 9.17) is 0 Å². The number of rotatable bonds is 3. The van der Waals surface area contributed by atoms with Gasteiger partial charge in [-0.3, -0.25) is 4.79 Å². The van der Waals surface area contributed by atoms with Crippen LogP contribution < -0.4 is 0 Å². The molecule has 1 saturated heterocycles. The summed E-state index contributed by atoms with van der Waals surface area (Å²) in [5, 5.41) is 0. The van der Waals surface area contributed by atoms with Crippen LogP contribution in [-0.2, 0) is 0 Å². The van der Waals surface area contributed by atoms with Gasteiger partial charge in [0.1, 0.15) is 17.5 Å². The van der Waals surface area contributed by atoms with E-state index in [0.717, 1.165) is 35.5 Å². The van der Waals surface area contributed by atoms with E-state index in [-0.39, 0.29) is 17.8 Å². The highest BCUT2D eigenvalue weighted by atomic mass is 19.1. The van der Waals surface area contributed by atoms with Gasteiger partial charge in [0, 0.05) is 18.0 Å². The first-order valence-corrected chi connectivity index (χ1v) is 10.1. The van der Waals surface area contributed by atoms with Gasteiger partial charge in [-0.15, -0.1) is 0 Å². The van der Waals surface area contributed by atoms with Crippen LogP contribution in [0.4, 0.5) is 4.39 Å². The number of imidazole rings is 2. The van der Waals surface area contributed by atoms with E-state index in [9.17, 15) is 9.18 Å². The van der Waals surface area contributed by atoms with Crippen LogP contribution in [0.15, 0.2) is 36.4 Å². The third-order valence-corrected chi connectivity index (χ3v) is 6.00. The summed E-state index contributed by atoms with van der Waals surface area (Å²) in [6.45, 7) is 0.684. The molecule has 2 N–H and O–H groups in total. The molecule has 1 atom stereocenters. The van der Waals surface area contributed by atoms with Gasteiger partial charge in [-0.25, -0.2) is 14.4 Å². The minimum atomic E-state index is -0.300. The Morgan fingerprint density at radius 1 is 0.966 bits per heavy atom. The van der Waals surface area contributed by atoms with Gasteiger partial charge in [-0.05, 0) is 62.1 Å². The molecule has 1 unspecified atom stereocenters. The van der Waals surface area contributed by atoms with E-state index in [2.05, 4.69) is 19.9 Å². The molecule has 29 heavy (non-hydrogen) atoms. The van der Waals surface area contributed by atoms with Gasteiger partial charge < -0.3 is 14.9 Å². The molecule has 3 heterocycles. The van der Waals surface area contributed by atoms with Crippen LogP contribution in [-0.4, -0.2) is 37.3 Å². The molecule has 2 aromatic heterocycles. The third-order valence-electron chi connectivity index (χ3n) is 6.00. The number of H-pyrrole nitrogens is 2. The number of carbonyl (C=O) groups is 1. The number of hydrogen-bond acceptors (Lipinski definition) is 3. The van der Waals surface area contributed by atoms with Gasteiger partial charge in [0.25, 0.3) is 5.91 Å². The predicted molar refractivity (Wildman–Crippen MR) is 107 cm³/mol. The Morgan fingerprint density at radius 3 is 2.52 bits per heavy atom. The Bertz CT molecular complexity index is 1250. The second-order valence-corrected chi connectivity index (χ2v) is 8.07. The average molecular weight is 389 g/mol. The first kappa shape index (κ1) is 16.7. The number of amides is 1. The molecule has 0 radical (unpaired) electrons. The van der Waals surface area contributed by atoms with Crippen molar-refractivity contribution in [3.05, 3.63) is 59.4 Å². The van der Waals surface area contributed by atoms with Crippen molar-refractivity contribution >= 4 is 28.0 Å². The van der Waals surface area contributed by atoms with E-state index < -0.39 is 0 Å². The van der Waals surface area contributed by atoms with E-state index >= 15 is 0 Å². The van der Waals surface area contributed by atoms with Gasteiger partial charge in [-0.1, -0.05) is 0 Å². The van der Waals surface area contributed by atoms with Crippen LogP contribution >= 0.6 is 0 Å². The molecule has 1 amide bonds. The van der Waals surface area contributed by atoms with Gasteiger partial charge in [0.05, 0.1) is 28.1 Å². The van der Waals surface area contributed by atoms with Gasteiger partial charge in [-0.2, -0.15) is 0 Å². The zero-order valence-electron chi connectivity index (χ0n) is 15.8. The molecule has 2 fully saturated rings. The van der Waals surface area contributed by atoms with Crippen LogP contribution in [0.5, 0.6) is 0 Å². The molecule has 1 saturated carbocycles. The lowest BCUT2D eigenvalue weighted by atomic mass is 10.1. The van der Waals surface area contributed by atoms with Gasteiger partial charge >= 0.3 is 0 Å². The largest absolute Gasteiger partial charge is 0.342 e. The molecule has 6 rings (SSSR count). The topological polar surface area (TPSA) is 77.7 Å². The molecule has 0 spiro atoms. The molecule has 6 nitrogen and oxygen atoms in total. The van der Waals surface area contributed by atoms with Crippen molar-refractivity contribution in [2.75, 3.05) is 6.54 Å². The fraction of sp³-hybridized carbons (Fsp3) is 0.318. The highest BCUT2D eigenvalue weighted by Crippen LogP contribution is 2.39. The fourth-order valence-corrected chi connectivity index (χ4v) is 4.33. The van der Waals surface area contributed by atoms with Gasteiger partial charge in [0.2, 0.25) is 0 Å². The quantitative estimate of drug-likeness (QED) is 0.544. The van der Waals surface area contributed by atoms with Crippen LogP contribution in [0.1, 0.15) is 59.6 Å². The molecule has 0 bridgehead atoms. The number of hydrogen-bond donors (Lipinski definition) is 2. The van der Waals surface area contributed by atoms with Crippen molar-refractivity contribution in [1.82, 2.24) is 24.8 Å². The Hall–Kier alpha value is -3.22. The van der Waals surface area contributed by atoms with Crippen LogP contribution in [0.2, 0.25) is 0 Å². The summed E-state index contributed by atoms with van der Waals surface area (Å²) in [5.74, 6) is 1.98. The molecule has 1 aliphatic carbocycles. The molecule has 4 aromatic rings. The minimum absolute atomic E-state index is 0.0105. The summed E-state index contributed by atoms with van der Waals surface area (Å²) in [7, 11) is 0. The van der Waals surface area contributed by atoms with E-state index in [1.165, 1.54) is 25.0 Å². The highest BCUT2D eigenvalue weighted by Gasteiger charge is 2.33. The van der Waals surface area contributed by atoms with Gasteiger partial charge in [0.15, 0.2) is 0 Å². The van der Waals surface area contributed by atoms with Crippen molar-refractivity contribution in [3.8, 4) is 0 Å². The number of halogens is 1. The Kier molecular flexibility index (Phi) is 3.54. The predicted octanol–water partition coefficient (Wildman–Crippen LogP) is 4.43. The molecule has 2 aliphatic rings. The standard InChI is InChI=1S/C22H20FN5O/c23-14-6-8-16-18(11-14)27-21(25-16)19-2-1-9-28(19)22(29)13-5-7-15-17(10-13)26-20(24-15)12-3-4-12/h5-8,10-12,19H,1-4,9H2,(H,24,26)(H,25,27). The normalized spacial score (nSPS) is 19.5. The molecule has 7 heteroatoms. The summed E-state index contributed by atoms with van der Waals surface area (Å²) in [6, 6.07) is 10.1. The Morgan fingerprint density at radius 2 is 1.69 bits per heavy atom. The number of fused-ring (bicyclic) bond motifs is 2. The zero-order valence-corrected chi connectivity index (χ0v) is 15.8. The monoisotopic (exact) mass is 389 g/mol. The number of aromatic nitrogens is 4. The van der Waals surface area contributed by atoms with E-state index in [1.54, 1.807) is 6.07 Å². The third kappa shape index (κ3) is 2.80. The van der Waals surface area contributed by atoms with E-state index in [1.807, 2.05) is 23.1 Å².